The Morgan fingerprint density at radius 2 is 1.88 bits per heavy atom. The summed E-state index contributed by atoms with van der Waals surface area (Å²) in [5, 5.41) is 2.84. The average molecular weight is 328 g/mol. The number of carbonyl (C=O) groups excluding carboxylic acids is 1. The van der Waals surface area contributed by atoms with Crippen LogP contribution < -0.4 is 5.32 Å². The Labute approximate surface area is 145 Å². The molecule has 0 saturated heterocycles. The van der Waals surface area contributed by atoms with Crippen molar-refractivity contribution in [1.82, 2.24) is 14.5 Å². The fourth-order valence-corrected chi connectivity index (χ4v) is 2.88. The summed E-state index contributed by atoms with van der Waals surface area (Å²) in [6.45, 7) is 1.96. The highest BCUT2D eigenvalue weighted by atomic mass is 16.1. The summed E-state index contributed by atoms with van der Waals surface area (Å²) >= 11 is 0. The Hall–Kier alpha value is -3.47. The third kappa shape index (κ3) is 2.87. The minimum absolute atomic E-state index is 0.179. The van der Waals surface area contributed by atoms with Crippen LogP contribution in [0.1, 0.15) is 16.2 Å². The molecule has 0 radical (unpaired) electrons. The number of anilines is 1. The molecule has 0 saturated carbocycles. The molecule has 2 aromatic heterocycles. The molecule has 0 bridgehead atoms. The van der Waals surface area contributed by atoms with E-state index in [1.165, 1.54) is 0 Å². The zero-order valence-corrected chi connectivity index (χ0v) is 13.7. The largest absolute Gasteiger partial charge is 0.321 e. The highest BCUT2D eigenvalue weighted by Gasteiger charge is 2.12. The molecule has 2 heterocycles. The first-order valence-corrected chi connectivity index (χ1v) is 7.98. The molecule has 0 aliphatic carbocycles. The van der Waals surface area contributed by atoms with Gasteiger partial charge >= 0.3 is 0 Å². The lowest BCUT2D eigenvalue weighted by molar-refractivity contribution is 0.102. The minimum atomic E-state index is -0.179. The average Bonchev–Trinajstić information content (AvgIpc) is 2.98. The van der Waals surface area contributed by atoms with Crippen molar-refractivity contribution in [2.45, 2.75) is 6.92 Å². The number of rotatable bonds is 3. The number of pyridine rings is 1. The van der Waals surface area contributed by atoms with Crippen molar-refractivity contribution in [3.05, 3.63) is 84.4 Å². The number of benzene rings is 2. The Morgan fingerprint density at radius 3 is 2.64 bits per heavy atom. The summed E-state index contributed by atoms with van der Waals surface area (Å²) in [5.74, 6) is 0.702. The van der Waals surface area contributed by atoms with Crippen LogP contribution >= 0.6 is 0 Å². The molecule has 0 atom stereocenters. The van der Waals surface area contributed by atoms with Gasteiger partial charge in [0.15, 0.2) is 0 Å². The maximum Gasteiger partial charge on any atom is 0.255 e. The zero-order chi connectivity index (χ0) is 17.2. The first kappa shape index (κ1) is 15.1. The van der Waals surface area contributed by atoms with Gasteiger partial charge in [-0.1, -0.05) is 18.2 Å². The van der Waals surface area contributed by atoms with Gasteiger partial charge in [-0.2, -0.15) is 0 Å². The molecule has 1 N–H and O–H groups in total. The summed E-state index contributed by atoms with van der Waals surface area (Å²) < 4.78 is 2.08. The third-order valence-electron chi connectivity index (χ3n) is 4.02. The number of hydrogen-bond donors (Lipinski definition) is 1. The molecular formula is C20H16N4O. The number of aromatic nitrogens is 3. The maximum absolute atomic E-state index is 12.4. The van der Waals surface area contributed by atoms with E-state index in [9.17, 15) is 4.79 Å². The maximum atomic E-state index is 12.4. The van der Waals surface area contributed by atoms with Crippen LogP contribution in [-0.4, -0.2) is 20.4 Å². The fourth-order valence-electron chi connectivity index (χ4n) is 2.88. The van der Waals surface area contributed by atoms with Gasteiger partial charge in [0.25, 0.3) is 5.91 Å². The van der Waals surface area contributed by atoms with E-state index in [1.54, 1.807) is 24.5 Å². The zero-order valence-electron chi connectivity index (χ0n) is 13.7. The lowest BCUT2D eigenvalue weighted by Crippen LogP contribution is -2.11. The third-order valence-corrected chi connectivity index (χ3v) is 4.02. The van der Waals surface area contributed by atoms with E-state index in [0.29, 0.717) is 11.3 Å². The van der Waals surface area contributed by atoms with Crippen molar-refractivity contribution in [3.8, 4) is 5.69 Å². The van der Waals surface area contributed by atoms with Crippen molar-refractivity contribution in [3.63, 3.8) is 0 Å². The van der Waals surface area contributed by atoms with Gasteiger partial charge in [0.05, 0.1) is 22.9 Å². The van der Waals surface area contributed by atoms with E-state index in [2.05, 4.69) is 19.9 Å². The normalized spacial score (nSPS) is 10.8. The van der Waals surface area contributed by atoms with Gasteiger partial charge in [-0.25, -0.2) is 4.98 Å². The highest BCUT2D eigenvalue weighted by Crippen LogP contribution is 2.22. The van der Waals surface area contributed by atoms with Crippen LogP contribution in [0.15, 0.2) is 73.1 Å². The molecule has 5 heteroatoms. The second-order valence-electron chi connectivity index (χ2n) is 5.73. The molecular weight excluding hydrogens is 312 g/mol. The second-order valence-corrected chi connectivity index (χ2v) is 5.73. The Morgan fingerprint density at radius 1 is 1.04 bits per heavy atom. The molecule has 2 aromatic carbocycles. The van der Waals surface area contributed by atoms with Crippen molar-refractivity contribution < 1.29 is 4.79 Å². The summed E-state index contributed by atoms with van der Waals surface area (Å²) in [4.78, 5) is 21.1. The monoisotopic (exact) mass is 328 g/mol. The van der Waals surface area contributed by atoms with E-state index in [-0.39, 0.29) is 5.91 Å². The molecule has 1 amide bonds. The predicted octanol–water partition coefficient (Wildman–Crippen LogP) is 3.98. The van der Waals surface area contributed by atoms with E-state index >= 15 is 0 Å². The molecule has 25 heavy (non-hydrogen) atoms. The number of nitrogens with one attached hydrogen (secondary N) is 1. The highest BCUT2D eigenvalue weighted by molar-refractivity contribution is 6.05. The number of carbonyl (C=O) groups is 1. The predicted molar refractivity (Wildman–Crippen MR) is 98.0 cm³/mol. The standard InChI is InChI=1S/C20H16N4O/c1-14-22-18-12-15(20(25)23-16-6-5-11-21-13-16)9-10-19(18)24(14)17-7-3-2-4-8-17/h2-13H,1H3,(H,23,25). The topological polar surface area (TPSA) is 59.8 Å². The van der Waals surface area contributed by atoms with Gasteiger partial charge in [-0.3, -0.25) is 14.3 Å². The van der Waals surface area contributed by atoms with E-state index in [0.717, 1.165) is 22.5 Å². The molecule has 0 aliphatic rings. The summed E-state index contributed by atoms with van der Waals surface area (Å²) in [6.07, 6.45) is 3.28. The van der Waals surface area contributed by atoms with Crippen LogP contribution in [0.5, 0.6) is 0 Å². The Balaban J connectivity index is 1.71. The van der Waals surface area contributed by atoms with Gasteiger partial charge in [-0.15, -0.1) is 0 Å². The van der Waals surface area contributed by atoms with Gasteiger partial charge in [-0.05, 0) is 49.4 Å². The molecule has 122 valence electrons. The number of aryl methyl sites for hydroxylation is 1. The van der Waals surface area contributed by atoms with Crippen molar-refractivity contribution >= 4 is 22.6 Å². The molecule has 0 aliphatic heterocycles. The summed E-state index contributed by atoms with van der Waals surface area (Å²) in [6, 6.07) is 19.2. The molecule has 5 nitrogen and oxygen atoms in total. The molecule has 0 spiro atoms. The number of amides is 1. The number of nitrogens with zero attached hydrogens (tertiary/aromatic N) is 3. The first-order valence-electron chi connectivity index (χ1n) is 7.98. The molecule has 0 unspecified atom stereocenters. The fraction of sp³-hybridized carbons (Fsp3) is 0.0500. The van der Waals surface area contributed by atoms with Gasteiger partial charge in [0.1, 0.15) is 5.82 Å². The number of hydrogen-bond acceptors (Lipinski definition) is 3. The van der Waals surface area contributed by atoms with Gasteiger partial charge in [0.2, 0.25) is 0 Å². The lowest BCUT2D eigenvalue weighted by Gasteiger charge is -2.07. The SMILES string of the molecule is Cc1nc2cc(C(=O)Nc3cccnc3)ccc2n1-c1ccccc1. The van der Waals surface area contributed by atoms with E-state index < -0.39 is 0 Å². The van der Waals surface area contributed by atoms with Crippen LogP contribution in [0.2, 0.25) is 0 Å². The lowest BCUT2D eigenvalue weighted by atomic mass is 10.2. The van der Waals surface area contributed by atoms with Crippen LogP contribution in [0.4, 0.5) is 5.69 Å². The van der Waals surface area contributed by atoms with Gasteiger partial charge in [0, 0.05) is 17.4 Å². The van der Waals surface area contributed by atoms with Gasteiger partial charge < -0.3 is 5.32 Å². The molecule has 4 rings (SSSR count). The summed E-state index contributed by atoms with van der Waals surface area (Å²) in [7, 11) is 0. The number of para-hydroxylation sites is 1. The quantitative estimate of drug-likeness (QED) is 0.619. The number of imidazole rings is 1. The van der Waals surface area contributed by atoms with Crippen LogP contribution in [0.25, 0.3) is 16.7 Å². The Bertz CT molecular complexity index is 1040. The second kappa shape index (κ2) is 6.20. The Kier molecular flexibility index (Phi) is 3.74. The van der Waals surface area contributed by atoms with Crippen LogP contribution in [0, 0.1) is 6.92 Å². The van der Waals surface area contributed by atoms with E-state index in [4.69, 9.17) is 0 Å². The van der Waals surface area contributed by atoms with Crippen LogP contribution in [-0.2, 0) is 0 Å². The van der Waals surface area contributed by atoms with Crippen molar-refractivity contribution in [2.75, 3.05) is 5.32 Å². The summed E-state index contributed by atoms with van der Waals surface area (Å²) in [5.41, 5.74) is 4.05. The number of fused-ring (bicyclic) bond motifs is 1. The molecule has 4 aromatic rings. The van der Waals surface area contributed by atoms with Crippen LogP contribution in [0.3, 0.4) is 0 Å². The molecule has 0 fully saturated rings. The van der Waals surface area contributed by atoms with E-state index in [1.807, 2.05) is 55.5 Å². The van der Waals surface area contributed by atoms with Crippen molar-refractivity contribution in [1.29, 1.82) is 0 Å². The smallest absolute Gasteiger partial charge is 0.255 e. The van der Waals surface area contributed by atoms with Crippen molar-refractivity contribution in [2.24, 2.45) is 0 Å². The minimum Gasteiger partial charge on any atom is -0.321 e. The first-order chi connectivity index (χ1) is 12.2.